The van der Waals surface area contributed by atoms with Gasteiger partial charge >= 0.3 is 6.29 Å². The smallest absolute Gasteiger partial charge is 0.395 e. The molecule has 2 amide bonds. The van der Waals surface area contributed by atoms with Gasteiger partial charge in [0.2, 0.25) is 11.8 Å². The molecule has 1 aliphatic heterocycles. The Balaban J connectivity index is 1.58. The highest BCUT2D eigenvalue weighted by Crippen LogP contribution is 2.43. The average molecular weight is 467 g/mol. The van der Waals surface area contributed by atoms with Crippen molar-refractivity contribution < 1.29 is 27.8 Å². The van der Waals surface area contributed by atoms with Crippen molar-refractivity contribution in [3.8, 4) is 22.8 Å². The fourth-order valence-electron chi connectivity index (χ4n) is 3.58. The maximum absolute atomic E-state index is 13.4. The number of nitrogens with zero attached hydrogens (tertiary/aromatic N) is 1. The van der Waals surface area contributed by atoms with E-state index in [4.69, 9.17) is 0 Å². The third-order valence-corrected chi connectivity index (χ3v) is 5.49. The number of fused-ring (bicyclic) bond motifs is 1. The van der Waals surface area contributed by atoms with Crippen molar-refractivity contribution in [1.82, 2.24) is 4.98 Å². The fraction of sp³-hybridized carbons (Fsp3) is 0.240. The van der Waals surface area contributed by atoms with Crippen molar-refractivity contribution in [3.63, 3.8) is 0 Å². The summed E-state index contributed by atoms with van der Waals surface area (Å²) < 4.78 is 35.7. The van der Waals surface area contributed by atoms with E-state index in [1.165, 1.54) is 19.1 Å². The lowest BCUT2D eigenvalue weighted by atomic mass is 9.83. The molecule has 0 spiro atoms. The van der Waals surface area contributed by atoms with Gasteiger partial charge in [-0.05, 0) is 62.2 Å². The Bertz CT molecular complexity index is 1290. The lowest BCUT2D eigenvalue weighted by Gasteiger charge is -2.24. The van der Waals surface area contributed by atoms with Crippen LogP contribution in [-0.4, -0.2) is 23.1 Å². The summed E-state index contributed by atoms with van der Waals surface area (Å²) in [7, 11) is 0. The molecule has 2 heterocycles. The summed E-state index contributed by atoms with van der Waals surface area (Å²) in [5.41, 5.74) is 2.32. The van der Waals surface area contributed by atoms with Crippen LogP contribution < -0.4 is 20.1 Å². The molecular formula is C25H23F2N3O4. The molecule has 2 N–H and O–H groups in total. The number of amides is 2. The summed E-state index contributed by atoms with van der Waals surface area (Å²) >= 11 is 0. The first-order chi connectivity index (χ1) is 15.9. The maximum atomic E-state index is 13.4. The van der Waals surface area contributed by atoms with Gasteiger partial charge in [0.05, 0.1) is 11.1 Å². The van der Waals surface area contributed by atoms with Crippen LogP contribution in [0.25, 0.3) is 11.3 Å². The number of ether oxygens (including phenoxy) is 2. The van der Waals surface area contributed by atoms with Crippen molar-refractivity contribution in [2.24, 2.45) is 0 Å². The SMILES string of the molecule is CC(=O)Nc1cccc(-c2nc(NC(=O)C(C)(C)c3ccc4c(c3)OC(F)(F)O4)ccc2C)c1. The molecule has 0 unspecified atom stereocenters. The minimum absolute atomic E-state index is 0.0868. The van der Waals surface area contributed by atoms with Gasteiger partial charge in [-0.15, -0.1) is 8.78 Å². The van der Waals surface area contributed by atoms with Gasteiger partial charge < -0.3 is 20.1 Å². The predicted octanol–water partition coefficient (Wildman–Crippen LogP) is 5.25. The number of carbonyl (C=O) groups excluding carboxylic acids is 2. The first-order valence-corrected chi connectivity index (χ1v) is 10.5. The van der Waals surface area contributed by atoms with Crippen molar-refractivity contribution in [3.05, 3.63) is 65.7 Å². The van der Waals surface area contributed by atoms with Crippen molar-refractivity contribution in [2.75, 3.05) is 10.6 Å². The summed E-state index contributed by atoms with van der Waals surface area (Å²) in [6.07, 6.45) is -3.73. The molecule has 0 fully saturated rings. The third-order valence-electron chi connectivity index (χ3n) is 5.49. The van der Waals surface area contributed by atoms with E-state index in [0.29, 0.717) is 22.8 Å². The number of halogens is 2. The molecule has 0 aliphatic carbocycles. The molecule has 0 atom stereocenters. The highest BCUT2D eigenvalue weighted by atomic mass is 19.3. The number of aryl methyl sites for hydroxylation is 1. The van der Waals surface area contributed by atoms with E-state index in [9.17, 15) is 18.4 Å². The van der Waals surface area contributed by atoms with Gasteiger partial charge in [0.25, 0.3) is 0 Å². The number of aromatic nitrogens is 1. The predicted molar refractivity (Wildman–Crippen MR) is 123 cm³/mol. The largest absolute Gasteiger partial charge is 0.586 e. The number of pyridine rings is 1. The fourth-order valence-corrected chi connectivity index (χ4v) is 3.58. The van der Waals surface area contributed by atoms with Gasteiger partial charge in [-0.3, -0.25) is 9.59 Å². The number of anilines is 2. The Kier molecular flexibility index (Phi) is 5.72. The van der Waals surface area contributed by atoms with Crippen LogP contribution in [0.4, 0.5) is 20.3 Å². The Morgan fingerprint density at radius 1 is 0.971 bits per heavy atom. The normalized spacial score (nSPS) is 13.9. The summed E-state index contributed by atoms with van der Waals surface area (Å²) in [6.45, 7) is 6.67. The lowest BCUT2D eigenvalue weighted by molar-refractivity contribution is -0.286. The number of carbonyl (C=O) groups is 2. The highest BCUT2D eigenvalue weighted by Gasteiger charge is 2.44. The van der Waals surface area contributed by atoms with E-state index >= 15 is 0 Å². The Hall–Kier alpha value is -4.01. The van der Waals surface area contributed by atoms with Gasteiger partial charge in [-0.2, -0.15) is 0 Å². The number of alkyl halides is 2. The standard InChI is InChI=1S/C25H23F2N3O4/c1-14-8-11-21(29-22(14)16-6-5-7-18(12-16)28-15(2)31)30-23(32)24(3,4)17-9-10-19-20(13-17)34-25(26,27)33-19/h5-13H,1-4H3,(H,28,31)(H,29,30,32). The first-order valence-electron chi connectivity index (χ1n) is 10.5. The number of benzene rings is 2. The summed E-state index contributed by atoms with van der Waals surface area (Å²) in [4.78, 5) is 29.1. The van der Waals surface area contributed by atoms with Crippen molar-refractivity contribution in [1.29, 1.82) is 0 Å². The third kappa shape index (κ3) is 4.68. The molecule has 0 radical (unpaired) electrons. The van der Waals surface area contributed by atoms with Gasteiger partial charge in [-0.1, -0.05) is 24.3 Å². The highest BCUT2D eigenvalue weighted by molar-refractivity contribution is 5.98. The zero-order valence-corrected chi connectivity index (χ0v) is 19.0. The molecule has 0 saturated carbocycles. The van der Waals surface area contributed by atoms with E-state index in [1.807, 2.05) is 19.1 Å². The van der Waals surface area contributed by atoms with Crippen molar-refractivity contribution >= 4 is 23.3 Å². The Morgan fingerprint density at radius 2 is 1.71 bits per heavy atom. The van der Waals surface area contributed by atoms with Gasteiger partial charge in [-0.25, -0.2) is 4.98 Å². The molecule has 3 aromatic rings. The molecule has 0 saturated heterocycles. The average Bonchev–Trinajstić information content (AvgIpc) is 3.07. The molecule has 4 rings (SSSR count). The topological polar surface area (TPSA) is 89.6 Å². The number of hydrogen-bond acceptors (Lipinski definition) is 5. The van der Waals surface area contributed by atoms with E-state index in [-0.39, 0.29) is 23.3 Å². The van der Waals surface area contributed by atoms with Crippen LogP contribution in [-0.2, 0) is 15.0 Å². The molecule has 1 aromatic heterocycles. The van der Waals surface area contributed by atoms with E-state index < -0.39 is 11.7 Å². The molecule has 1 aliphatic rings. The minimum Gasteiger partial charge on any atom is -0.395 e. The number of hydrogen-bond donors (Lipinski definition) is 2. The first kappa shape index (κ1) is 23.2. The monoisotopic (exact) mass is 467 g/mol. The summed E-state index contributed by atoms with van der Waals surface area (Å²) in [5, 5.41) is 5.55. The summed E-state index contributed by atoms with van der Waals surface area (Å²) in [6, 6.07) is 15.0. The second-order valence-corrected chi connectivity index (χ2v) is 8.53. The van der Waals surface area contributed by atoms with Crippen LogP contribution in [0.5, 0.6) is 11.5 Å². The van der Waals surface area contributed by atoms with Crippen LogP contribution in [0, 0.1) is 6.92 Å². The quantitative estimate of drug-likeness (QED) is 0.535. The van der Waals surface area contributed by atoms with Gasteiger partial charge in [0.1, 0.15) is 5.82 Å². The molecule has 9 heteroatoms. The lowest BCUT2D eigenvalue weighted by Crippen LogP contribution is -2.35. The zero-order valence-electron chi connectivity index (χ0n) is 19.0. The molecular weight excluding hydrogens is 444 g/mol. The number of nitrogens with one attached hydrogen (secondary N) is 2. The van der Waals surface area contributed by atoms with Crippen LogP contribution in [0.3, 0.4) is 0 Å². The number of rotatable bonds is 5. The minimum atomic E-state index is -3.73. The van der Waals surface area contributed by atoms with Crippen LogP contribution >= 0.6 is 0 Å². The van der Waals surface area contributed by atoms with Crippen molar-refractivity contribution in [2.45, 2.75) is 39.4 Å². The van der Waals surface area contributed by atoms with Crippen LogP contribution in [0.1, 0.15) is 31.9 Å². The molecule has 0 bridgehead atoms. The van der Waals surface area contributed by atoms with E-state index in [2.05, 4.69) is 25.1 Å². The van der Waals surface area contributed by atoms with E-state index in [1.54, 1.807) is 44.2 Å². The van der Waals surface area contributed by atoms with Gasteiger partial charge in [0.15, 0.2) is 11.5 Å². The molecule has 34 heavy (non-hydrogen) atoms. The molecule has 7 nitrogen and oxygen atoms in total. The Labute approximate surface area is 195 Å². The second-order valence-electron chi connectivity index (χ2n) is 8.53. The van der Waals surface area contributed by atoms with Crippen LogP contribution in [0.2, 0.25) is 0 Å². The zero-order chi connectivity index (χ0) is 24.7. The van der Waals surface area contributed by atoms with E-state index in [0.717, 1.165) is 11.1 Å². The van der Waals surface area contributed by atoms with Crippen LogP contribution in [0.15, 0.2) is 54.6 Å². The molecule has 2 aromatic carbocycles. The summed E-state index contributed by atoms with van der Waals surface area (Å²) in [5.74, 6) is -0.449. The Morgan fingerprint density at radius 3 is 2.44 bits per heavy atom. The second kappa shape index (κ2) is 8.40. The van der Waals surface area contributed by atoms with Gasteiger partial charge in [0, 0.05) is 18.2 Å². The maximum Gasteiger partial charge on any atom is 0.586 e. The molecule has 176 valence electrons.